The molecule has 0 unspecified atom stereocenters. The summed E-state index contributed by atoms with van der Waals surface area (Å²) in [4.78, 5) is 4.76. The van der Waals surface area contributed by atoms with Crippen molar-refractivity contribution in [2.75, 3.05) is 19.1 Å². The lowest BCUT2D eigenvalue weighted by atomic mass is 10.2. The average Bonchev–Trinajstić information content (AvgIpc) is 3.27. The summed E-state index contributed by atoms with van der Waals surface area (Å²) in [6.45, 7) is 1.62. The Balaban J connectivity index is 1.18. The molecule has 2 heterocycles. The Hall–Kier alpha value is -3.29. The number of hydrogen-bond acceptors (Lipinski definition) is 6. The number of para-hydroxylation sites is 1. The van der Waals surface area contributed by atoms with E-state index in [1.807, 2.05) is 35.1 Å². The van der Waals surface area contributed by atoms with Crippen molar-refractivity contribution in [3.63, 3.8) is 0 Å². The van der Waals surface area contributed by atoms with E-state index in [0.717, 1.165) is 22.6 Å². The van der Waals surface area contributed by atoms with Crippen LogP contribution in [-0.2, 0) is 24.5 Å². The monoisotopic (exact) mass is 444 g/mol. The Morgan fingerprint density at radius 3 is 2.50 bits per heavy atom. The van der Waals surface area contributed by atoms with Crippen molar-refractivity contribution >= 4 is 23.1 Å². The molecular weight excluding hydrogens is 420 g/mol. The number of rotatable bonds is 7. The van der Waals surface area contributed by atoms with Gasteiger partial charge in [-0.1, -0.05) is 47.3 Å². The van der Waals surface area contributed by atoms with Crippen molar-refractivity contribution < 1.29 is 9.47 Å². The van der Waals surface area contributed by atoms with Gasteiger partial charge in [0.25, 0.3) is 0 Å². The van der Waals surface area contributed by atoms with Gasteiger partial charge in [-0.2, -0.15) is 0 Å². The van der Waals surface area contributed by atoms with Crippen LogP contribution in [-0.4, -0.2) is 29.2 Å². The Morgan fingerprint density at radius 2 is 1.66 bits per heavy atom. The second-order valence-electron chi connectivity index (χ2n) is 7.68. The number of ether oxygens (including phenoxy) is 2. The maximum atomic E-state index is 5.93. The van der Waals surface area contributed by atoms with E-state index in [0.29, 0.717) is 19.8 Å². The molecule has 1 aliphatic heterocycles. The third-order valence-electron chi connectivity index (χ3n) is 5.44. The van der Waals surface area contributed by atoms with Gasteiger partial charge < -0.3 is 14.4 Å². The van der Waals surface area contributed by atoms with E-state index in [-0.39, 0.29) is 0 Å². The molecule has 0 aliphatic carbocycles. The van der Waals surface area contributed by atoms with E-state index < -0.39 is 0 Å². The third-order valence-corrected chi connectivity index (χ3v) is 6.55. The molecule has 5 rings (SSSR count). The Bertz CT molecular complexity index is 1220. The van der Waals surface area contributed by atoms with Gasteiger partial charge in [0.15, 0.2) is 0 Å². The second kappa shape index (κ2) is 9.06. The van der Waals surface area contributed by atoms with E-state index in [1.54, 1.807) is 18.9 Å². The molecule has 0 saturated heterocycles. The molecule has 0 fully saturated rings. The summed E-state index contributed by atoms with van der Waals surface area (Å²) in [5, 5.41) is 8.45. The number of methoxy groups -OCH3 is 1. The van der Waals surface area contributed by atoms with Crippen LogP contribution in [0.2, 0.25) is 0 Å². The molecule has 32 heavy (non-hydrogen) atoms. The van der Waals surface area contributed by atoms with Crippen LogP contribution in [0.3, 0.4) is 0 Å². The van der Waals surface area contributed by atoms with E-state index in [1.165, 1.54) is 21.2 Å². The van der Waals surface area contributed by atoms with Gasteiger partial charge in [-0.05, 0) is 47.5 Å². The van der Waals surface area contributed by atoms with E-state index in [2.05, 4.69) is 64.7 Å². The van der Waals surface area contributed by atoms with Gasteiger partial charge in [0.05, 0.1) is 44.4 Å². The van der Waals surface area contributed by atoms with Crippen LogP contribution in [0.15, 0.2) is 82.7 Å². The van der Waals surface area contributed by atoms with Crippen molar-refractivity contribution in [1.29, 1.82) is 0 Å². The molecule has 1 aliphatic rings. The number of aromatic nitrogens is 3. The highest BCUT2D eigenvalue weighted by Gasteiger charge is 2.20. The minimum atomic E-state index is 0.426. The van der Waals surface area contributed by atoms with Gasteiger partial charge in [-0.3, -0.25) is 0 Å². The first-order valence-electron chi connectivity index (χ1n) is 10.4. The Morgan fingerprint density at radius 1 is 0.875 bits per heavy atom. The Labute approximate surface area is 191 Å². The van der Waals surface area contributed by atoms with Crippen LogP contribution >= 0.6 is 11.8 Å². The lowest BCUT2D eigenvalue weighted by Crippen LogP contribution is -2.14. The standard InChI is InChI=1S/C25H24N4O2S/c1-28-22-5-3-4-6-24(22)32-25-13-19(9-12-23(25)28)16-31-17-20-15-29(27-26-20)14-18-7-10-21(30-2)11-8-18/h3-13,15H,14,16-17H2,1-2H3. The zero-order valence-corrected chi connectivity index (χ0v) is 18.9. The van der Waals surface area contributed by atoms with Crippen LogP contribution in [0.5, 0.6) is 5.75 Å². The van der Waals surface area contributed by atoms with Crippen LogP contribution in [0.4, 0.5) is 11.4 Å². The number of benzene rings is 3. The largest absolute Gasteiger partial charge is 0.497 e. The van der Waals surface area contributed by atoms with Gasteiger partial charge in [0.1, 0.15) is 11.4 Å². The second-order valence-corrected chi connectivity index (χ2v) is 8.76. The molecule has 0 radical (unpaired) electrons. The molecule has 0 amide bonds. The first-order chi connectivity index (χ1) is 15.7. The Kier molecular flexibility index (Phi) is 5.83. The van der Waals surface area contributed by atoms with Gasteiger partial charge in [0, 0.05) is 16.8 Å². The number of fused-ring (bicyclic) bond motifs is 2. The van der Waals surface area contributed by atoms with Crippen LogP contribution in [0.1, 0.15) is 16.8 Å². The molecule has 162 valence electrons. The predicted molar refractivity (Wildman–Crippen MR) is 126 cm³/mol. The summed E-state index contributed by atoms with van der Waals surface area (Å²) in [5.74, 6) is 0.845. The lowest BCUT2D eigenvalue weighted by Gasteiger charge is -2.29. The molecule has 0 atom stereocenters. The normalized spacial score (nSPS) is 12.4. The smallest absolute Gasteiger partial charge is 0.118 e. The summed E-state index contributed by atoms with van der Waals surface area (Å²) in [5.41, 5.74) is 5.57. The van der Waals surface area contributed by atoms with Crippen molar-refractivity contribution in [2.24, 2.45) is 0 Å². The summed E-state index contributed by atoms with van der Waals surface area (Å²) >= 11 is 1.81. The maximum Gasteiger partial charge on any atom is 0.118 e. The predicted octanol–water partition coefficient (Wildman–Crippen LogP) is 5.28. The highest BCUT2D eigenvalue weighted by molar-refractivity contribution is 7.99. The van der Waals surface area contributed by atoms with Crippen molar-refractivity contribution in [3.05, 3.63) is 89.7 Å². The SMILES string of the molecule is COc1ccc(Cn2cc(COCc3ccc4c(c3)Sc3ccccc3N4C)nn2)cc1. The van der Waals surface area contributed by atoms with Crippen molar-refractivity contribution in [3.8, 4) is 5.75 Å². The summed E-state index contributed by atoms with van der Waals surface area (Å²) in [6, 6.07) is 22.9. The van der Waals surface area contributed by atoms with Gasteiger partial charge in [-0.25, -0.2) is 4.68 Å². The molecule has 1 aromatic heterocycles. The molecule has 0 bridgehead atoms. The van der Waals surface area contributed by atoms with Crippen molar-refractivity contribution in [2.45, 2.75) is 29.5 Å². The zero-order chi connectivity index (χ0) is 21.9. The van der Waals surface area contributed by atoms with Gasteiger partial charge in [0.2, 0.25) is 0 Å². The van der Waals surface area contributed by atoms with E-state index in [9.17, 15) is 0 Å². The van der Waals surface area contributed by atoms with E-state index >= 15 is 0 Å². The quantitative estimate of drug-likeness (QED) is 0.386. The fourth-order valence-corrected chi connectivity index (χ4v) is 4.96. The summed E-state index contributed by atoms with van der Waals surface area (Å²) < 4.78 is 13.0. The molecule has 4 aromatic rings. The number of nitrogens with zero attached hydrogens (tertiary/aromatic N) is 4. The molecule has 7 heteroatoms. The van der Waals surface area contributed by atoms with Gasteiger partial charge in [-0.15, -0.1) is 5.10 Å². The van der Waals surface area contributed by atoms with E-state index in [4.69, 9.17) is 9.47 Å². The minimum Gasteiger partial charge on any atom is -0.497 e. The fraction of sp³-hybridized carbons (Fsp3) is 0.200. The maximum absolute atomic E-state index is 5.93. The van der Waals surface area contributed by atoms with Crippen molar-refractivity contribution in [1.82, 2.24) is 15.0 Å². The third kappa shape index (κ3) is 4.35. The molecule has 3 aromatic carbocycles. The zero-order valence-electron chi connectivity index (χ0n) is 18.1. The minimum absolute atomic E-state index is 0.426. The van der Waals surface area contributed by atoms with Gasteiger partial charge >= 0.3 is 0 Å². The molecular formula is C25H24N4O2S. The molecule has 6 nitrogen and oxygen atoms in total. The number of hydrogen-bond donors (Lipinski definition) is 0. The fourth-order valence-electron chi connectivity index (χ4n) is 3.75. The number of anilines is 2. The first-order valence-corrected chi connectivity index (χ1v) is 11.2. The van der Waals surface area contributed by atoms with Crippen LogP contribution in [0.25, 0.3) is 0 Å². The summed E-state index contributed by atoms with van der Waals surface area (Å²) in [6.07, 6.45) is 1.93. The average molecular weight is 445 g/mol. The molecule has 0 N–H and O–H groups in total. The molecule has 0 spiro atoms. The first kappa shape index (κ1) is 20.6. The highest BCUT2D eigenvalue weighted by atomic mass is 32.2. The van der Waals surface area contributed by atoms with Crippen LogP contribution in [0, 0.1) is 0 Å². The summed E-state index contributed by atoms with van der Waals surface area (Å²) in [7, 11) is 3.78. The topological polar surface area (TPSA) is 52.4 Å². The lowest BCUT2D eigenvalue weighted by molar-refractivity contribution is 0.104. The van der Waals surface area contributed by atoms with Crippen LogP contribution < -0.4 is 9.64 Å². The molecule has 0 saturated carbocycles. The highest BCUT2D eigenvalue weighted by Crippen LogP contribution is 2.47.